The van der Waals surface area contributed by atoms with Crippen LogP contribution in [-0.2, 0) is 17.9 Å². The van der Waals surface area contributed by atoms with Gasteiger partial charge in [0.2, 0.25) is 0 Å². The molecule has 0 saturated carbocycles. The number of hydrogen-bond donors (Lipinski definition) is 2. The van der Waals surface area contributed by atoms with Gasteiger partial charge in [0.15, 0.2) is 0 Å². The number of aliphatic carboxylic acids is 1. The Bertz CT molecular complexity index is 471. The number of hydrogen-bond acceptors (Lipinski definition) is 3. The summed E-state index contributed by atoms with van der Waals surface area (Å²) in [6.07, 6.45) is 4.11. The second-order valence-electron chi connectivity index (χ2n) is 4.59. The molecule has 1 aliphatic heterocycles. The molecule has 1 aromatic rings. The summed E-state index contributed by atoms with van der Waals surface area (Å²) in [5, 5.41) is 11.6. The number of nitrogens with one attached hydrogen (secondary N) is 1. The molecular formula is C12H18N4O3. The number of rotatable bonds is 4. The second kappa shape index (κ2) is 5.73. The van der Waals surface area contributed by atoms with E-state index in [2.05, 4.69) is 10.3 Å². The van der Waals surface area contributed by atoms with E-state index in [-0.39, 0.29) is 12.6 Å². The number of carboxylic acid groups (broad SMARTS) is 1. The molecule has 104 valence electrons. The highest BCUT2D eigenvalue weighted by Crippen LogP contribution is 2.10. The molecule has 7 nitrogen and oxygen atoms in total. The zero-order valence-electron chi connectivity index (χ0n) is 10.9. The minimum absolute atomic E-state index is 0.162. The van der Waals surface area contributed by atoms with Crippen molar-refractivity contribution in [1.29, 1.82) is 0 Å². The van der Waals surface area contributed by atoms with Crippen LogP contribution in [0.1, 0.15) is 19.2 Å². The minimum atomic E-state index is -0.878. The minimum Gasteiger partial charge on any atom is -0.481 e. The van der Waals surface area contributed by atoms with E-state index in [0.29, 0.717) is 19.5 Å². The molecule has 1 aliphatic rings. The predicted molar refractivity (Wildman–Crippen MR) is 67.5 cm³/mol. The van der Waals surface area contributed by atoms with Crippen molar-refractivity contribution in [1.82, 2.24) is 19.8 Å². The Morgan fingerprint density at radius 3 is 3.00 bits per heavy atom. The highest BCUT2D eigenvalue weighted by atomic mass is 16.4. The van der Waals surface area contributed by atoms with Gasteiger partial charge in [-0.2, -0.15) is 0 Å². The van der Waals surface area contributed by atoms with Crippen LogP contribution in [0.15, 0.2) is 12.4 Å². The van der Waals surface area contributed by atoms with E-state index >= 15 is 0 Å². The van der Waals surface area contributed by atoms with Gasteiger partial charge in [0.1, 0.15) is 5.82 Å². The SMILES string of the molecule is CCC(CNC(=O)N1CCn2ccnc2C1)C(=O)O. The van der Waals surface area contributed by atoms with Gasteiger partial charge in [-0.15, -0.1) is 0 Å². The van der Waals surface area contributed by atoms with Crippen molar-refractivity contribution in [2.75, 3.05) is 13.1 Å². The summed E-state index contributed by atoms with van der Waals surface area (Å²) in [7, 11) is 0. The van der Waals surface area contributed by atoms with Crippen molar-refractivity contribution in [3.8, 4) is 0 Å². The monoisotopic (exact) mass is 266 g/mol. The fourth-order valence-corrected chi connectivity index (χ4v) is 2.08. The van der Waals surface area contributed by atoms with Crippen LogP contribution in [0.2, 0.25) is 0 Å². The quantitative estimate of drug-likeness (QED) is 0.831. The van der Waals surface area contributed by atoms with Crippen molar-refractivity contribution in [3.05, 3.63) is 18.2 Å². The van der Waals surface area contributed by atoms with Gasteiger partial charge in [-0.3, -0.25) is 4.79 Å². The molecule has 0 bridgehead atoms. The molecule has 0 radical (unpaired) electrons. The molecule has 0 aromatic carbocycles. The molecule has 7 heteroatoms. The number of carboxylic acids is 1. The van der Waals surface area contributed by atoms with Gasteiger partial charge in [0, 0.05) is 32.0 Å². The van der Waals surface area contributed by atoms with Crippen LogP contribution in [0.4, 0.5) is 4.79 Å². The number of aromatic nitrogens is 2. The first-order valence-corrected chi connectivity index (χ1v) is 6.37. The van der Waals surface area contributed by atoms with E-state index in [4.69, 9.17) is 5.11 Å². The zero-order valence-corrected chi connectivity index (χ0v) is 10.9. The van der Waals surface area contributed by atoms with Crippen LogP contribution >= 0.6 is 0 Å². The van der Waals surface area contributed by atoms with E-state index in [1.54, 1.807) is 18.0 Å². The Morgan fingerprint density at radius 2 is 2.32 bits per heavy atom. The Balaban J connectivity index is 1.86. The number of imidazole rings is 1. The lowest BCUT2D eigenvalue weighted by molar-refractivity contribution is -0.141. The first-order chi connectivity index (χ1) is 9.11. The second-order valence-corrected chi connectivity index (χ2v) is 4.59. The molecule has 2 heterocycles. The van der Waals surface area contributed by atoms with Gasteiger partial charge in [-0.1, -0.05) is 6.92 Å². The molecular weight excluding hydrogens is 248 g/mol. The third-order valence-electron chi connectivity index (χ3n) is 3.37. The summed E-state index contributed by atoms with van der Waals surface area (Å²) in [4.78, 5) is 28.7. The van der Waals surface area contributed by atoms with Crippen LogP contribution in [-0.4, -0.2) is 44.6 Å². The predicted octanol–water partition coefficient (Wildman–Crippen LogP) is 0.519. The standard InChI is InChI=1S/C12H18N4O3/c1-2-9(11(17)18)7-14-12(19)16-6-5-15-4-3-13-10(15)8-16/h3-4,9H,2,5-8H2,1H3,(H,14,19)(H,17,18). The normalized spacial score (nSPS) is 15.7. The van der Waals surface area contributed by atoms with E-state index in [9.17, 15) is 9.59 Å². The van der Waals surface area contributed by atoms with Crippen LogP contribution in [0.3, 0.4) is 0 Å². The van der Waals surface area contributed by atoms with E-state index in [0.717, 1.165) is 12.4 Å². The van der Waals surface area contributed by atoms with E-state index in [1.165, 1.54) is 0 Å². The van der Waals surface area contributed by atoms with Crippen LogP contribution < -0.4 is 5.32 Å². The maximum atomic E-state index is 12.0. The Hall–Kier alpha value is -2.05. The zero-order chi connectivity index (χ0) is 13.8. The smallest absolute Gasteiger partial charge is 0.317 e. The number of carbonyl (C=O) groups is 2. The summed E-state index contributed by atoms with van der Waals surface area (Å²) in [6, 6.07) is -0.228. The Labute approximate surface area is 111 Å². The fraction of sp³-hybridized carbons (Fsp3) is 0.583. The number of nitrogens with zero attached hydrogens (tertiary/aromatic N) is 3. The van der Waals surface area contributed by atoms with Crippen molar-refractivity contribution in [2.45, 2.75) is 26.4 Å². The summed E-state index contributed by atoms with van der Waals surface area (Å²) in [5.74, 6) is -0.556. The average molecular weight is 266 g/mol. The largest absolute Gasteiger partial charge is 0.481 e. The Kier molecular flexibility index (Phi) is 4.03. The van der Waals surface area contributed by atoms with Gasteiger partial charge in [0.25, 0.3) is 0 Å². The summed E-state index contributed by atoms with van der Waals surface area (Å²) >= 11 is 0. The number of urea groups is 1. The molecule has 2 N–H and O–H groups in total. The lowest BCUT2D eigenvalue weighted by Crippen LogP contribution is -2.46. The van der Waals surface area contributed by atoms with Crippen molar-refractivity contribution in [3.63, 3.8) is 0 Å². The molecule has 0 fully saturated rings. The summed E-state index contributed by atoms with van der Waals surface area (Å²) in [6.45, 7) is 3.75. The summed E-state index contributed by atoms with van der Waals surface area (Å²) < 4.78 is 2.01. The number of fused-ring (bicyclic) bond motifs is 1. The van der Waals surface area contributed by atoms with Gasteiger partial charge in [-0.25, -0.2) is 9.78 Å². The molecule has 2 amide bonds. The van der Waals surface area contributed by atoms with Gasteiger partial charge < -0.3 is 19.9 Å². The van der Waals surface area contributed by atoms with Crippen molar-refractivity contribution in [2.24, 2.45) is 5.92 Å². The first kappa shape index (κ1) is 13.4. The van der Waals surface area contributed by atoms with Crippen molar-refractivity contribution >= 4 is 12.0 Å². The lowest BCUT2D eigenvalue weighted by atomic mass is 10.1. The topological polar surface area (TPSA) is 87.5 Å². The molecule has 19 heavy (non-hydrogen) atoms. The molecule has 1 unspecified atom stereocenters. The van der Waals surface area contributed by atoms with E-state index in [1.807, 2.05) is 10.8 Å². The first-order valence-electron chi connectivity index (χ1n) is 6.37. The maximum Gasteiger partial charge on any atom is 0.317 e. The Morgan fingerprint density at radius 1 is 1.53 bits per heavy atom. The highest BCUT2D eigenvalue weighted by Gasteiger charge is 2.22. The molecule has 0 spiro atoms. The van der Waals surface area contributed by atoms with Crippen LogP contribution in [0.25, 0.3) is 0 Å². The average Bonchev–Trinajstić information content (AvgIpc) is 2.85. The lowest BCUT2D eigenvalue weighted by Gasteiger charge is -2.28. The molecule has 0 saturated heterocycles. The van der Waals surface area contributed by atoms with Crippen LogP contribution in [0.5, 0.6) is 0 Å². The number of amides is 2. The molecule has 0 aliphatic carbocycles. The molecule has 2 rings (SSSR count). The molecule has 1 aromatic heterocycles. The third kappa shape index (κ3) is 3.04. The maximum absolute atomic E-state index is 12.0. The van der Waals surface area contributed by atoms with Gasteiger partial charge in [0.05, 0.1) is 12.5 Å². The van der Waals surface area contributed by atoms with Crippen LogP contribution in [0, 0.1) is 5.92 Å². The van der Waals surface area contributed by atoms with Gasteiger partial charge >= 0.3 is 12.0 Å². The highest BCUT2D eigenvalue weighted by molar-refractivity contribution is 5.76. The number of carbonyl (C=O) groups excluding carboxylic acids is 1. The summed E-state index contributed by atoms with van der Waals surface area (Å²) in [5.41, 5.74) is 0. The molecule has 1 atom stereocenters. The third-order valence-corrected chi connectivity index (χ3v) is 3.37. The van der Waals surface area contributed by atoms with E-state index < -0.39 is 11.9 Å². The van der Waals surface area contributed by atoms with Crippen molar-refractivity contribution < 1.29 is 14.7 Å². The fourth-order valence-electron chi connectivity index (χ4n) is 2.08. The van der Waals surface area contributed by atoms with Gasteiger partial charge in [-0.05, 0) is 6.42 Å².